The predicted molar refractivity (Wildman–Crippen MR) is 67.4 cm³/mol. The molecule has 0 spiro atoms. The summed E-state index contributed by atoms with van der Waals surface area (Å²) in [5, 5.41) is 15.4. The topological polar surface area (TPSA) is 58.9 Å². The first-order valence-corrected chi connectivity index (χ1v) is 6.08. The molecule has 0 amide bonds. The Balaban J connectivity index is 2.42. The molecule has 1 aromatic heterocycles. The van der Waals surface area contributed by atoms with E-state index in [1.54, 1.807) is 7.05 Å². The van der Waals surface area contributed by atoms with E-state index < -0.39 is 0 Å². The van der Waals surface area contributed by atoms with Crippen molar-refractivity contribution >= 4 is 0 Å². The number of nitrogens with one attached hydrogen (secondary N) is 1. The molecule has 0 bridgehead atoms. The number of aryl methyl sites for hydroxylation is 1. The first-order chi connectivity index (χ1) is 7.97. The average Bonchev–Trinajstić information content (AvgIpc) is 2.59. The molecule has 6 heteroatoms. The highest BCUT2D eigenvalue weighted by Crippen LogP contribution is 2.06. The maximum Gasteiger partial charge on any atom is 0.188 e. The second kappa shape index (κ2) is 6.66. The molecular weight excluding hydrogens is 216 g/mol. The van der Waals surface area contributed by atoms with Gasteiger partial charge in [0.2, 0.25) is 0 Å². The average molecular weight is 240 g/mol. The minimum atomic E-state index is 0.466. The molecule has 1 unspecified atom stereocenters. The molecule has 17 heavy (non-hydrogen) atoms. The van der Waals surface area contributed by atoms with Crippen molar-refractivity contribution < 1.29 is 0 Å². The van der Waals surface area contributed by atoms with Gasteiger partial charge in [-0.1, -0.05) is 13.8 Å². The van der Waals surface area contributed by atoms with Crippen molar-refractivity contribution in [2.75, 3.05) is 20.6 Å². The second-order valence-electron chi connectivity index (χ2n) is 5.16. The number of hydrogen-bond donors (Lipinski definition) is 1. The molecule has 0 saturated heterocycles. The Kier molecular flexibility index (Phi) is 5.50. The van der Waals surface area contributed by atoms with Gasteiger partial charge in [0.1, 0.15) is 0 Å². The van der Waals surface area contributed by atoms with Crippen LogP contribution in [0.25, 0.3) is 0 Å². The molecule has 1 heterocycles. The third kappa shape index (κ3) is 5.74. The van der Waals surface area contributed by atoms with Gasteiger partial charge in [0, 0.05) is 12.6 Å². The van der Waals surface area contributed by atoms with E-state index in [4.69, 9.17) is 0 Å². The van der Waals surface area contributed by atoms with Crippen LogP contribution in [-0.4, -0.2) is 51.8 Å². The summed E-state index contributed by atoms with van der Waals surface area (Å²) >= 11 is 0. The van der Waals surface area contributed by atoms with Gasteiger partial charge in [-0.05, 0) is 31.6 Å². The minimum absolute atomic E-state index is 0.466. The summed E-state index contributed by atoms with van der Waals surface area (Å²) < 4.78 is 0. The van der Waals surface area contributed by atoms with Crippen LogP contribution in [0, 0.1) is 5.92 Å². The van der Waals surface area contributed by atoms with Crippen LogP contribution in [-0.2, 0) is 13.6 Å². The minimum Gasteiger partial charge on any atom is -0.308 e. The molecule has 1 atom stereocenters. The van der Waals surface area contributed by atoms with Gasteiger partial charge in [0.15, 0.2) is 5.82 Å². The van der Waals surface area contributed by atoms with E-state index >= 15 is 0 Å². The van der Waals surface area contributed by atoms with Crippen molar-refractivity contribution in [3.63, 3.8) is 0 Å². The largest absolute Gasteiger partial charge is 0.308 e. The zero-order valence-corrected chi connectivity index (χ0v) is 11.5. The molecule has 0 aliphatic carbocycles. The summed E-state index contributed by atoms with van der Waals surface area (Å²) in [7, 11) is 5.97. The number of hydrogen-bond acceptors (Lipinski definition) is 5. The van der Waals surface area contributed by atoms with Gasteiger partial charge in [0.25, 0.3) is 0 Å². The van der Waals surface area contributed by atoms with Crippen LogP contribution < -0.4 is 5.32 Å². The summed E-state index contributed by atoms with van der Waals surface area (Å²) in [6.07, 6.45) is 1.15. The molecule has 0 fully saturated rings. The van der Waals surface area contributed by atoms with Crippen LogP contribution in [0.2, 0.25) is 0 Å². The van der Waals surface area contributed by atoms with Gasteiger partial charge in [-0.25, -0.2) is 0 Å². The van der Waals surface area contributed by atoms with Gasteiger partial charge < -0.3 is 10.2 Å². The van der Waals surface area contributed by atoms with Crippen LogP contribution in [0.15, 0.2) is 0 Å². The van der Waals surface area contributed by atoms with Crippen LogP contribution >= 0.6 is 0 Å². The Bertz CT molecular complexity index is 310. The molecule has 1 rings (SSSR count). The zero-order chi connectivity index (χ0) is 12.8. The Morgan fingerprint density at radius 3 is 2.53 bits per heavy atom. The van der Waals surface area contributed by atoms with Gasteiger partial charge in [-0.3, -0.25) is 0 Å². The number of nitrogens with zero attached hydrogens (tertiary/aromatic N) is 5. The molecule has 0 radical (unpaired) electrons. The predicted octanol–water partition coefficient (Wildman–Crippen LogP) is 0.276. The van der Waals surface area contributed by atoms with Crippen LogP contribution in [0.1, 0.15) is 26.1 Å². The number of tetrazole rings is 1. The maximum atomic E-state index is 4.16. The van der Waals surface area contributed by atoms with Crippen molar-refractivity contribution in [3.05, 3.63) is 5.82 Å². The monoisotopic (exact) mass is 240 g/mol. The third-order valence-electron chi connectivity index (χ3n) is 2.44. The molecule has 0 aliphatic rings. The van der Waals surface area contributed by atoms with Gasteiger partial charge >= 0.3 is 0 Å². The Hall–Kier alpha value is -1.01. The van der Waals surface area contributed by atoms with E-state index in [2.05, 4.69) is 53.6 Å². The fourth-order valence-corrected chi connectivity index (χ4v) is 1.86. The van der Waals surface area contributed by atoms with Crippen molar-refractivity contribution in [3.8, 4) is 0 Å². The van der Waals surface area contributed by atoms with E-state index in [0.29, 0.717) is 18.5 Å². The summed E-state index contributed by atoms with van der Waals surface area (Å²) in [4.78, 5) is 3.69. The molecular formula is C11H24N6. The number of aromatic nitrogens is 4. The smallest absolute Gasteiger partial charge is 0.188 e. The fraction of sp³-hybridized carbons (Fsp3) is 0.909. The fourth-order valence-electron chi connectivity index (χ4n) is 1.86. The molecule has 0 saturated carbocycles. The Labute approximate surface area is 103 Å². The van der Waals surface area contributed by atoms with Crippen molar-refractivity contribution in [2.24, 2.45) is 13.0 Å². The maximum absolute atomic E-state index is 4.16. The normalized spacial score (nSPS) is 13.6. The first-order valence-electron chi connectivity index (χ1n) is 6.08. The lowest BCUT2D eigenvalue weighted by Gasteiger charge is -2.23. The SMILES string of the molecule is CC(C)CC(CN(C)C)NCc1nnn(C)n1. The van der Waals surface area contributed by atoms with E-state index in [9.17, 15) is 0 Å². The van der Waals surface area contributed by atoms with E-state index in [-0.39, 0.29) is 0 Å². The van der Waals surface area contributed by atoms with E-state index in [1.807, 2.05) is 0 Å². The molecule has 1 N–H and O–H groups in total. The van der Waals surface area contributed by atoms with Crippen molar-refractivity contribution in [1.29, 1.82) is 0 Å². The van der Waals surface area contributed by atoms with Gasteiger partial charge in [-0.15, -0.1) is 10.2 Å². The first kappa shape index (κ1) is 14.1. The van der Waals surface area contributed by atoms with Gasteiger partial charge in [-0.2, -0.15) is 4.80 Å². The summed E-state index contributed by atoms with van der Waals surface area (Å²) in [5.74, 6) is 1.43. The number of rotatable bonds is 7. The summed E-state index contributed by atoms with van der Waals surface area (Å²) in [6.45, 7) is 6.19. The molecule has 0 aromatic carbocycles. The lowest BCUT2D eigenvalue weighted by molar-refractivity contribution is 0.303. The third-order valence-corrected chi connectivity index (χ3v) is 2.44. The highest BCUT2D eigenvalue weighted by molar-refractivity contribution is 4.79. The Morgan fingerprint density at radius 1 is 1.35 bits per heavy atom. The molecule has 6 nitrogen and oxygen atoms in total. The molecule has 1 aromatic rings. The van der Waals surface area contributed by atoms with E-state index in [1.165, 1.54) is 4.80 Å². The quantitative estimate of drug-likeness (QED) is 0.741. The van der Waals surface area contributed by atoms with Crippen molar-refractivity contribution in [1.82, 2.24) is 30.4 Å². The zero-order valence-electron chi connectivity index (χ0n) is 11.5. The van der Waals surface area contributed by atoms with Crippen LogP contribution in [0.5, 0.6) is 0 Å². The molecule has 98 valence electrons. The van der Waals surface area contributed by atoms with E-state index in [0.717, 1.165) is 18.8 Å². The highest BCUT2D eigenvalue weighted by atomic mass is 15.6. The lowest BCUT2D eigenvalue weighted by Crippen LogP contribution is -2.39. The van der Waals surface area contributed by atoms with Crippen LogP contribution in [0.4, 0.5) is 0 Å². The van der Waals surface area contributed by atoms with Gasteiger partial charge in [0.05, 0.1) is 13.6 Å². The summed E-state index contributed by atoms with van der Waals surface area (Å²) in [5.41, 5.74) is 0. The molecule has 0 aliphatic heterocycles. The highest BCUT2D eigenvalue weighted by Gasteiger charge is 2.12. The lowest BCUT2D eigenvalue weighted by atomic mass is 10.0. The van der Waals surface area contributed by atoms with Crippen LogP contribution in [0.3, 0.4) is 0 Å². The summed E-state index contributed by atoms with van der Waals surface area (Å²) in [6, 6.07) is 0.466. The van der Waals surface area contributed by atoms with Crippen molar-refractivity contribution in [2.45, 2.75) is 32.9 Å². The second-order valence-corrected chi connectivity index (χ2v) is 5.16. The Morgan fingerprint density at radius 2 is 2.06 bits per heavy atom. The number of likely N-dealkylation sites (N-methyl/N-ethyl adjacent to an activating group) is 1. The standard InChI is InChI=1S/C11H24N6/c1-9(2)6-10(8-16(3)4)12-7-11-13-15-17(5)14-11/h9-10,12H,6-8H2,1-5H3.